The van der Waals surface area contributed by atoms with Gasteiger partial charge >= 0.3 is 0 Å². The molecule has 2 aromatic rings. The fraction of sp³-hybridized carbons (Fsp3) is 0.231. The molecular formula is C13H13Cl2N. The van der Waals surface area contributed by atoms with Crippen molar-refractivity contribution in [2.75, 3.05) is 0 Å². The van der Waals surface area contributed by atoms with Gasteiger partial charge in [0.05, 0.1) is 10.5 Å². The topological polar surface area (TPSA) is 4.93 Å². The number of fused-ring (bicyclic) bond motifs is 1. The fourth-order valence-corrected chi connectivity index (χ4v) is 2.37. The molecule has 0 amide bonds. The van der Waals surface area contributed by atoms with Crippen LogP contribution in [0.15, 0.2) is 37.1 Å². The van der Waals surface area contributed by atoms with Crippen molar-refractivity contribution in [2.24, 2.45) is 0 Å². The molecular weight excluding hydrogens is 241 g/mol. The van der Waals surface area contributed by atoms with E-state index in [4.69, 9.17) is 23.2 Å². The summed E-state index contributed by atoms with van der Waals surface area (Å²) in [4.78, 5) is 0. The lowest BCUT2D eigenvalue weighted by atomic mass is 10.2. The molecule has 84 valence electrons. The highest BCUT2D eigenvalue weighted by Crippen LogP contribution is 2.28. The van der Waals surface area contributed by atoms with Crippen molar-refractivity contribution in [1.82, 2.24) is 4.57 Å². The Hall–Kier alpha value is -0.920. The van der Waals surface area contributed by atoms with Crippen LogP contribution in [0.1, 0.15) is 12.8 Å². The Bertz CT molecular complexity index is 514. The van der Waals surface area contributed by atoms with Gasteiger partial charge in [0.1, 0.15) is 0 Å². The molecule has 0 fully saturated rings. The first-order valence-electron chi connectivity index (χ1n) is 5.27. The van der Waals surface area contributed by atoms with Crippen molar-refractivity contribution >= 4 is 34.1 Å². The smallest absolute Gasteiger partial charge is 0.0514 e. The summed E-state index contributed by atoms with van der Waals surface area (Å²) in [7, 11) is 0. The standard InChI is InChI=1S/C13H13Cl2N/c1-2-3-4-6-16-7-5-11-12(15)8-10(14)9-13(11)16/h2,5,7-9H,1,3-4,6H2. The second-order valence-electron chi connectivity index (χ2n) is 3.76. The van der Waals surface area contributed by atoms with Gasteiger partial charge in [-0.2, -0.15) is 0 Å². The molecule has 3 heteroatoms. The van der Waals surface area contributed by atoms with E-state index in [2.05, 4.69) is 17.3 Å². The molecule has 1 aromatic carbocycles. The lowest BCUT2D eigenvalue weighted by Gasteiger charge is -2.05. The van der Waals surface area contributed by atoms with Gasteiger partial charge in [-0.3, -0.25) is 0 Å². The lowest BCUT2D eigenvalue weighted by molar-refractivity contribution is 0.671. The molecule has 0 spiro atoms. The molecule has 0 aliphatic carbocycles. The van der Waals surface area contributed by atoms with Crippen molar-refractivity contribution in [2.45, 2.75) is 19.4 Å². The van der Waals surface area contributed by atoms with Crippen molar-refractivity contribution in [1.29, 1.82) is 0 Å². The third-order valence-electron chi connectivity index (χ3n) is 2.61. The van der Waals surface area contributed by atoms with E-state index in [9.17, 15) is 0 Å². The SMILES string of the molecule is C=CCCCn1ccc2c(Cl)cc(Cl)cc21. The molecule has 16 heavy (non-hydrogen) atoms. The number of benzene rings is 1. The Morgan fingerprint density at radius 3 is 2.88 bits per heavy atom. The van der Waals surface area contributed by atoms with Crippen LogP contribution < -0.4 is 0 Å². The minimum atomic E-state index is 0.682. The number of hydrogen-bond donors (Lipinski definition) is 0. The van der Waals surface area contributed by atoms with Gasteiger partial charge in [0.2, 0.25) is 0 Å². The van der Waals surface area contributed by atoms with Crippen LogP contribution in [0.25, 0.3) is 10.9 Å². The van der Waals surface area contributed by atoms with E-state index < -0.39 is 0 Å². The largest absolute Gasteiger partial charge is 0.347 e. The van der Waals surface area contributed by atoms with Gasteiger partial charge in [0.25, 0.3) is 0 Å². The van der Waals surface area contributed by atoms with Crippen LogP contribution in [0.3, 0.4) is 0 Å². The second kappa shape index (κ2) is 4.94. The van der Waals surface area contributed by atoms with Gasteiger partial charge in [-0.05, 0) is 31.0 Å². The molecule has 2 rings (SSSR count). The maximum Gasteiger partial charge on any atom is 0.0514 e. The third-order valence-corrected chi connectivity index (χ3v) is 3.14. The zero-order valence-electron chi connectivity index (χ0n) is 8.92. The number of halogens is 2. The molecule has 0 N–H and O–H groups in total. The molecule has 0 saturated heterocycles. The minimum absolute atomic E-state index is 0.682. The van der Waals surface area contributed by atoms with E-state index in [1.807, 2.05) is 18.2 Å². The summed E-state index contributed by atoms with van der Waals surface area (Å²) in [5.41, 5.74) is 1.10. The van der Waals surface area contributed by atoms with Gasteiger partial charge in [0.15, 0.2) is 0 Å². The van der Waals surface area contributed by atoms with Gasteiger partial charge in [-0.1, -0.05) is 29.3 Å². The van der Waals surface area contributed by atoms with Crippen LogP contribution in [0.2, 0.25) is 10.0 Å². The number of allylic oxidation sites excluding steroid dienone is 1. The van der Waals surface area contributed by atoms with Crippen molar-refractivity contribution in [3.63, 3.8) is 0 Å². The number of hydrogen-bond acceptors (Lipinski definition) is 0. The van der Waals surface area contributed by atoms with E-state index in [0.29, 0.717) is 10.0 Å². The maximum atomic E-state index is 6.12. The first-order valence-corrected chi connectivity index (χ1v) is 6.03. The second-order valence-corrected chi connectivity index (χ2v) is 4.60. The molecule has 0 saturated carbocycles. The normalized spacial score (nSPS) is 10.9. The van der Waals surface area contributed by atoms with Crippen LogP contribution in [-0.4, -0.2) is 4.57 Å². The molecule has 0 unspecified atom stereocenters. The van der Waals surface area contributed by atoms with Crippen LogP contribution >= 0.6 is 23.2 Å². The van der Waals surface area contributed by atoms with Gasteiger partial charge in [-0.15, -0.1) is 6.58 Å². The highest BCUT2D eigenvalue weighted by Gasteiger charge is 2.05. The predicted octanol–water partition coefficient (Wildman–Crippen LogP) is 4.91. The summed E-state index contributed by atoms with van der Waals surface area (Å²) < 4.78 is 2.18. The number of aromatic nitrogens is 1. The number of nitrogens with zero attached hydrogens (tertiary/aromatic N) is 1. The first-order chi connectivity index (χ1) is 7.72. The van der Waals surface area contributed by atoms with Gasteiger partial charge in [-0.25, -0.2) is 0 Å². The number of unbranched alkanes of at least 4 members (excludes halogenated alkanes) is 1. The summed E-state index contributed by atoms with van der Waals surface area (Å²) >= 11 is 12.1. The highest BCUT2D eigenvalue weighted by atomic mass is 35.5. The molecule has 0 bridgehead atoms. The van der Waals surface area contributed by atoms with Crippen molar-refractivity contribution in [3.05, 3.63) is 47.1 Å². The molecule has 1 nitrogen and oxygen atoms in total. The minimum Gasteiger partial charge on any atom is -0.347 e. The fourth-order valence-electron chi connectivity index (χ4n) is 1.82. The van der Waals surface area contributed by atoms with Crippen LogP contribution in [0, 0.1) is 0 Å². The summed E-state index contributed by atoms with van der Waals surface area (Å²) in [6, 6.07) is 5.76. The maximum absolute atomic E-state index is 6.12. The monoisotopic (exact) mass is 253 g/mol. The Balaban J connectivity index is 2.36. The van der Waals surface area contributed by atoms with Gasteiger partial charge in [0, 0.05) is 23.2 Å². The number of aryl methyl sites for hydroxylation is 1. The Morgan fingerprint density at radius 1 is 1.31 bits per heavy atom. The Labute approximate surface area is 105 Å². The van der Waals surface area contributed by atoms with Crippen molar-refractivity contribution in [3.8, 4) is 0 Å². The van der Waals surface area contributed by atoms with E-state index in [1.165, 1.54) is 0 Å². The van der Waals surface area contributed by atoms with E-state index in [0.717, 1.165) is 30.3 Å². The molecule has 1 heterocycles. The number of rotatable bonds is 4. The van der Waals surface area contributed by atoms with Crippen LogP contribution in [0.5, 0.6) is 0 Å². The summed E-state index contributed by atoms with van der Waals surface area (Å²) in [5.74, 6) is 0. The van der Waals surface area contributed by atoms with E-state index in [-0.39, 0.29) is 0 Å². The average Bonchev–Trinajstić information content (AvgIpc) is 2.62. The zero-order chi connectivity index (χ0) is 11.5. The van der Waals surface area contributed by atoms with E-state index in [1.54, 1.807) is 6.07 Å². The first kappa shape index (κ1) is 11.6. The zero-order valence-corrected chi connectivity index (χ0v) is 10.4. The van der Waals surface area contributed by atoms with Gasteiger partial charge < -0.3 is 4.57 Å². The van der Waals surface area contributed by atoms with Crippen LogP contribution in [0.4, 0.5) is 0 Å². The summed E-state index contributed by atoms with van der Waals surface area (Å²) in [6.07, 6.45) is 6.09. The molecule has 0 atom stereocenters. The summed E-state index contributed by atoms with van der Waals surface area (Å²) in [5, 5.41) is 2.45. The average molecular weight is 254 g/mol. The lowest BCUT2D eigenvalue weighted by Crippen LogP contribution is -1.95. The predicted molar refractivity (Wildman–Crippen MR) is 71.4 cm³/mol. The molecule has 1 aromatic heterocycles. The highest BCUT2D eigenvalue weighted by molar-refractivity contribution is 6.38. The molecule has 0 aliphatic heterocycles. The summed E-state index contributed by atoms with van der Waals surface area (Å²) in [6.45, 7) is 4.68. The molecule has 0 radical (unpaired) electrons. The Kier molecular flexibility index (Phi) is 3.57. The van der Waals surface area contributed by atoms with E-state index >= 15 is 0 Å². The third kappa shape index (κ3) is 2.26. The van der Waals surface area contributed by atoms with Crippen molar-refractivity contribution < 1.29 is 0 Å². The Morgan fingerprint density at radius 2 is 2.12 bits per heavy atom. The molecule has 0 aliphatic rings. The van der Waals surface area contributed by atoms with Crippen LogP contribution in [-0.2, 0) is 6.54 Å². The quantitative estimate of drug-likeness (QED) is 0.539.